The third-order valence-corrected chi connectivity index (χ3v) is 3.91. The minimum Gasteiger partial charge on any atom is -0.316 e. The fourth-order valence-corrected chi connectivity index (χ4v) is 2.57. The van der Waals surface area contributed by atoms with E-state index in [-0.39, 0.29) is 0 Å². The molecule has 0 amide bonds. The largest absolute Gasteiger partial charge is 0.316 e. The van der Waals surface area contributed by atoms with Crippen LogP contribution in [-0.2, 0) is 0 Å². The van der Waals surface area contributed by atoms with Crippen LogP contribution >= 0.6 is 15.9 Å². The van der Waals surface area contributed by atoms with E-state index in [2.05, 4.69) is 47.3 Å². The highest BCUT2D eigenvalue weighted by atomic mass is 79.9. The van der Waals surface area contributed by atoms with Crippen molar-refractivity contribution in [2.24, 2.45) is 0 Å². The lowest BCUT2D eigenvalue weighted by atomic mass is 9.81. The van der Waals surface area contributed by atoms with Gasteiger partial charge in [0.2, 0.25) is 0 Å². The molecule has 0 aliphatic carbocycles. The fourth-order valence-electron chi connectivity index (χ4n) is 2.18. The van der Waals surface area contributed by atoms with Crippen LogP contribution in [0.2, 0.25) is 0 Å². The lowest BCUT2D eigenvalue weighted by molar-refractivity contribution is 0.463. The summed E-state index contributed by atoms with van der Waals surface area (Å²) in [6.45, 7) is 2.32. The van der Waals surface area contributed by atoms with Crippen molar-refractivity contribution in [1.29, 1.82) is 0 Å². The van der Waals surface area contributed by atoms with Crippen molar-refractivity contribution in [3.05, 3.63) is 28.2 Å². The van der Waals surface area contributed by atoms with Gasteiger partial charge in [0, 0.05) is 11.0 Å². The molecule has 0 bridgehead atoms. The molecule has 1 saturated heterocycles. The zero-order valence-electron chi connectivity index (χ0n) is 8.52. The number of nitrogens with one attached hydrogen (secondary N) is 1. The molecule has 14 heavy (non-hydrogen) atoms. The average molecular weight is 252 g/mol. The van der Waals surface area contributed by atoms with Crippen LogP contribution in [0.4, 0.5) is 0 Å². The van der Waals surface area contributed by atoms with E-state index in [4.69, 9.17) is 0 Å². The summed E-state index contributed by atoms with van der Waals surface area (Å²) in [4.78, 5) is 0. The Morgan fingerprint density at radius 1 is 1.43 bits per heavy atom. The zero-order valence-corrected chi connectivity index (χ0v) is 10.1. The maximum atomic E-state index is 3.59. The molecule has 1 aliphatic heterocycles. The van der Waals surface area contributed by atoms with Crippen molar-refractivity contribution in [2.45, 2.75) is 18.8 Å². The van der Waals surface area contributed by atoms with E-state index in [9.17, 15) is 0 Å². The average Bonchev–Trinajstić information content (AvgIpc) is 2.23. The van der Waals surface area contributed by atoms with Crippen LogP contribution in [-0.4, -0.2) is 20.9 Å². The number of benzene rings is 1. The molecule has 1 aromatic rings. The highest BCUT2D eigenvalue weighted by Crippen LogP contribution is 2.23. The first-order valence-electron chi connectivity index (χ1n) is 5.25. The number of rotatable bonds is 1. The maximum Gasteiger partial charge on any atom is 0.141 e. The van der Waals surface area contributed by atoms with Crippen LogP contribution in [0.25, 0.3) is 0 Å². The van der Waals surface area contributed by atoms with E-state index in [1.54, 1.807) is 0 Å². The first-order valence-corrected chi connectivity index (χ1v) is 6.04. The van der Waals surface area contributed by atoms with Gasteiger partial charge in [0.15, 0.2) is 0 Å². The van der Waals surface area contributed by atoms with E-state index < -0.39 is 0 Å². The van der Waals surface area contributed by atoms with Gasteiger partial charge in [0.1, 0.15) is 7.85 Å². The summed E-state index contributed by atoms with van der Waals surface area (Å²) < 4.78 is 1.24. The van der Waals surface area contributed by atoms with Crippen LogP contribution in [0, 0.1) is 0 Å². The summed E-state index contributed by atoms with van der Waals surface area (Å²) in [5, 5.41) is 3.46. The van der Waals surface area contributed by atoms with Crippen molar-refractivity contribution in [1.82, 2.24) is 5.32 Å². The summed E-state index contributed by atoms with van der Waals surface area (Å²) >= 11 is 3.59. The van der Waals surface area contributed by atoms with Gasteiger partial charge in [-0.3, -0.25) is 0 Å². The van der Waals surface area contributed by atoms with E-state index in [1.165, 1.54) is 34.9 Å². The Morgan fingerprint density at radius 2 is 2.29 bits per heavy atom. The monoisotopic (exact) mass is 251 g/mol. The van der Waals surface area contributed by atoms with Gasteiger partial charge in [-0.1, -0.05) is 33.5 Å². The molecule has 0 unspecified atom stereocenters. The first kappa shape index (κ1) is 10.2. The fraction of sp³-hybridized carbons (Fsp3) is 0.455. The lowest BCUT2D eigenvalue weighted by Gasteiger charge is -2.25. The molecule has 0 radical (unpaired) electrons. The molecule has 1 atom stereocenters. The second-order valence-corrected chi connectivity index (χ2v) is 4.85. The van der Waals surface area contributed by atoms with Crippen molar-refractivity contribution >= 4 is 29.2 Å². The molecule has 2 rings (SSSR count). The minimum absolute atomic E-state index is 0.709. The third kappa shape index (κ3) is 2.04. The molecule has 0 saturated carbocycles. The lowest BCUT2D eigenvalue weighted by Crippen LogP contribution is -2.31. The molecule has 1 aliphatic rings. The second kappa shape index (κ2) is 4.50. The smallest absolute Gasteiger partial charge is 0.141 e. The Bertz CT molecular complexity index is 321. The third-order valence-electron chi connectivity index (χ3n) is 3.05. The Kier molecular flexibility index (Phi) is 3.29. The van der Waals surface area contributed by atoms with Crippen molar-refractivity contribution < 1.29 is 0 Å². The molecule has 74 valence electrons. The Hall–Kier alpha value is -0.275. The summed E-state index contributed by atoms with van der Waals surface area (Å²) in [5.74, 6) is 0.709. The van der Waals surface area contributed by atoms with Crippen LogP contribution in [0.3, 0.4) is 0 Å². The van der Waals surface area contributed by atoms with E-state index >= 15 is 0 Å². The molecule has 1 fully saturated rings. The van der Waals surface area contributed by atoms with Gasteiger partial charge < -0.3 is 5.32 Å². The Labute approximate surface area is 94.8 Å². The van der Waals surface area contributed by atoms with E-state index in [1.807, 2.05) is 0 Å². The van der Waals surface area contributed by atoms with Gasteiger partial charge in [0.05, 0.1) is 0 Å². The number of hydrogen-bond acceptors (Lipinski definition) is 1. The number of piperidine rings is 1. The summed E-state index contributed by atoms with van der Waals surface area (Å²) in [6, 6.07) is 6.52. The van der Waals surface area contributed by atoms with Crippen LogP contribution in [0.1, 0.15) is 24.3 Å². The molecule has 1 nitrogen and oxygen atoms in total. The van der Waals surface area contributed by atoms with Gasteiger partial charge in [-0.05, 0) is 36.9 Å². The van der Waals surface area contributed by atoms with Crippen LogP contribution in [0.15, 0.2) is 22.7 Å². The molecular weight excluding hydrogens is 237 g/mol. The van der Waals surface area contributed by atoms with E-state index in [0.717, 1.165) is 6.54 Å². The number of hydrogen-bond donors (Lipinski definition) is 1. The highest BCUT2D eigenvalue weighted by Gasteiger charge is 2.16. The van der Waals surface area contributed by atoms with Crippen LogP contribution in [0.5, 0.6) is 0 Å². The normalized spacial score (nSPS) is 22.2. The first-order chi connectivity index (χ1) is 6.79. The molecule has 1 N–H and O–H groups in total. The standard InChI is InChI=1S/C11H15BBrN/c12-11-9(4-1-5-10(11)13)8-3-2-6-14-7-8/h1,4-5,8,14H,2-3,6-7,12H2/t8-/m0/s1. The molecule has 1 aromatic carbocycles. The topological polar surface area (TPSA) is 12.0 Å². The predicted octanol–water partition coefficient (Wildman–Crippen LogP) is 1.17. The zero-order chi connectivity index (χ0) is 9.97. The molecule has 3 heteroatoms. The van der Waals surface area contributed by atoms with Crippen molar-refractivity contribution in [2.75, 3.05) is 13.1 Å². The minimum atomic E-state index is 0.709. The van der Waals surface area contributed by atoms with Gasteiger partial charge in [-0.25, -0.2) is 0 Å². The second-order valence-electron chi connectivity index (χ2n) is 4.00. The Balaban J connectivity index is 2.26. The quantitative estimate of drug-likeness (QED) is 0.740. The summed E-state index contributed by atoms with van der Waals surface area (Å²) in [5.41, 5.74) is 2.91. The summed E-state index contributed by atoms with van der Waals surface area (Å²) in [7, 11) is 2.20. The molecule has 0 aromatic heterocycles. The van der Waals surface area contributed by atoms with Crippen molar-refractivity contribution in [3.8, 4) is 0 Å². The van der Waals surface area contributed by atoms with Gasteiger partial charge >= 0.3 is 0 Å². The molecule has 0 spiro atoms. The van der Waals surface area contributed by atoms with Crippen molar-refractivity contribution in [3.63, 3.8) is 0 Å². The number of halogens is 1. The molecule has 1 heterocycles. The van der Waals surface area contributed by atoms with Gasteiger partial charge in [-0.2, -0.15) is 0 Å². The van der Waals surface area contributed by atoms with Gasteiger partial charge in [0.25, 0.3) is 0 Å². The maximum absolute atomic E-state index is 3.59. The Morgan fingerprint density at radius 3 is 3.00 bits per heavy atom. The van der Waals surface area contributed by atoms with Gasteiger partial charge in [-0.15, -0.1) is 0 Å². The highest BCUT2D eigenvalue weighted by molar-refractivity contribution is 9.10. The summed E-state index contributed by atoms with van der Waals surface area (Å²) in [6.07, 6.45) is 2.63. The SMILES string of the molecule is Bc1c(Br)cccc1[C@H]1CCCNC1. The van der Waals surface area contributed by atoms with Crippen LogP contribution < -0.4 is 10.8 Å². The molecular formula is C11H15BBrN. The predicted molar refractivity (Wildman–Crippen MR) is 67.2 cm³/mol. The van der Waals surface area contributed by atoms with E-state index in [0.29, 0.717) is 5.92 Å².